The molecule has 0 N–H and O–H groups in total. The summed E-state index contributed by atoms with van der Waals surface area (Å²) in [6, 6.07) is 5.98. The number of carbonyl (C=O) groups is 2. The number of aryl methyl sites for hydroxylation is 1. The second kappa shape index (κ2) is 9.41. The van der Waals surface area contributed by atoms with E-state index in [9.17, 15) is 9.59 Å². The molecule has 1 atom stereocenters. The van der Waals surface area contributed by atoms with Gasteiger partial charge in [-0.25, -0.2) is 0 Å². The summed E-state index contributed by atoms with van der Waals surface area (Å²) in [5.41, 5.74) is 2.47. The molecule has 0 aliphatic carbocycles. The molecule has 2 heterocycles. The highest BCUT2D eigenvalue weighted by atomic mass is 16.5. The predicted molar refractivity (Wildman–Crippen MR) is 107 cm³/mol. The van der Waals surface area contributed by atoms with Crippen LogP contribution in [0.4, 0.5) is 0 Å². The zero-order valence-electron chi connectivity index (χ0n) is 17.3. The Hall–Kier alpha value is -2.08. The number of morpholine rings is 1. The van der Waals surface area contributed by atoms with Gasteiger partial charge in [0.05, 0.1) is 19.1 Å². The van der Waals surface area contributed by atoms with Gasteiger partial charge in [0, 0.05) is 26.2 Å². The second-order valence-electron chi connectivity index (χ2n) is 8.08. The number of benzene rings is 1. The summed E-state index contributed by atoms with van der Waals surface area (Å²) in [5, 5.41) is 0. The predicted octanol–water partition coefficient (Wildman–Crippen LogP) is 2.59. The third kappa shape index (κ3) is 5.04. The van der Waals surface area contributed by atoms with Crippen molar-refractivity contribution in [3.05, 3.63) is 29.3 Å². The Labute approximate surface area is 167 Å². The van der Waals surface area contributed by atoms with Crippen molar-refractivity contribution in [1.82, 2.24) is 9.80 Å². The minimum atomic E-state index is -0.108. The van der Waals surface area contributed by atoms with Crippen molar-refractivity contribution in [3.8, 4) is 5.75 Å². The van der Waals surface area contributed by atoms with Gasteiger partial charge in [-0.2, -0.15) is 0 Å². The summed E-state index contributed by atoms with van der Waals surface area (Å²) >= 11 is 0. The molecule has 6 nitrogen and oxygen atoms in total. The Balaban J connectivity index is 1.52. The smallest absolute Gasteiger partial charge is 0.260 e. The molecule has 2 aliphatic rings. The maximum Gasteiger partial charge on any atom is 0.260 e. The Morgan fingerprint density at radius 1 is 1.18 bits per heavy atom. The van der Waals surface area contributed by atoms with E-state index in [4.69, 9.17) is 9.47 Å². The maximum absolute atomic E-state index is 12.7. The van der Waals surface area contributed by atoms with E-state index in [2.05, 4.69) is 26.8 Å². The minimum absolute atomic E-state index is 0.0128. The Bertz CT molecular complexity index is 698. The molecule has 3 rings (SSSR count). The van der Waals surface area contributed by atoms with Crippen LogP contribution >= 0.6 is 0 Å². The average molecular weight is 389 g/mol. The Kier molecular flexibility index (Phi) is 6.94. The first kappa shape index (κ1) is 20.6. The lowest BCUT2D eigenvalue weighted by atomic mass is 9.96. The first-order valence-electron chi connectivity index (χ1n) is 10.3. The zero-order valence-corrected chi connectivity index (χ0v) is 17.3. The van der Waals surface area contributed by atoms with Crippen molar-refractivity contribution in [2.24, 2.45) is 5.92 Å². The van der Waals surface area contributed by atoms with Crippen molar-refractivity contribution in [1.29, 1.82) is 0 Å². The monoisotopic (exact) mass is 388 g/mol. The van der Waals surface area contributed by atoms with Gasteiger partial charge >= 0.3 is 0 Å². The third-order valence-corrected chi connectivity index (χ3v) is 5.67. The average Bonchev–Trinajstić information content (AvgIpc) is 2.72. The fraction of sp³-hybridized carbons (Fsp3) is 0.636. The molecule has 0 bridgehead atoms. The molecule has 2 saturated heterocycles. The number of likely N-dealkylation sites (tertiary alicyclic amines) is 1. The zero-order chi connectivity index (χ0) is 20.1. The molecule has 154 valence electrons. The van der Waals surface area contributed by atoms with E-state index in [1.807, 2.05) is 17.0 Å². The fourth-order valence-electron chi connectivity index (χ4n) is 4.07. The van der Waals surface area contributed by atoms with Crippen molar-refractivity contribution < 1.29 is 19.1 Å². The first-order valence-corrected chi connectivity index (χ1v) is 10.3. The normalized spacial score (nSPS) is 20.4. The molecule has 2 aliphatic heterocycles. The topological polar surface area (TPSA) is 59.1 Å². The molecule has 28 heavy (non-hydrogen) atoms. The standard InChI is InChI=1S/C22H32N2O4/c1-16(2)20-7-6-19(13-17(20)3)28-15-21(25)24-8-4-5-18(14-24)22(26)23-9-11-27-12-10-23/h6-7,13,16,18H,4-5,8-12,14-15H2,1-3H3. The molecule has 1 unspecified atom stereocenters. The van der Waals surface area contributed by atoms with E-state index in [-0.39, 0.29) is 24.3 Å². The van der Waals surface area contributed by atoms with Crippen LogP contribution in [-0.4, -0.2) is 67.6 Å². The van der Waals surface area contributed by atoms with Crippen LogP contribution in [0.25, 0.3) is 0 Å². The fourth-order valence-corrected chi connectivity index (χ4v) is 4.07. The van der Waals surface area contributed by atoms with Gasteiger partial charge in [-0.3, -0.25) is 9.59 Å². The van der Waals surface area contributed by atoms with Crippen LogP contribution in [0, 0.1) is 12.8 Å². The third-order valence-electron chi connectivity index (χ3n) is 5.67. The summed E-state index contributed by atoms with van der Waals surface area (Å²) in [6.45, 7) is 10.1. The van der Waals surface area contributed by atoms with Crippen LogP contribution in [0.5, 0.6) is 5.75 Å². The van der Waals surface area contributed by atoms with Crippen molar-refractivity contribution in [3.63, 3.8) is 0 Å². The van der Waals surface area contributed by atoms with Gasteiger partial charge in [-0.15, -0.1) is 0 Å². The number of amides is 2. The summed E-state index contributed by atoms with van der Waals surface area (Å²) in [6.07, 6.45) is 1.70. The van der Waals surface area contributed by atoms with Crippen LogP contribution in [0.15, 0.2) is 18.2 Å². The number of ether oxygens (including phenoxy) is 2. The highest BCUT2D eigenvalue weighted by molar-refractivity contribution is 5.82. The number of hydrogen-bond acceptors (Lipinski definition) is 4. The molecule has 0 aromatic heterocycles. The van der Waals surface area contributed by atoms with E-state index >= 15 is 0 Å². The van der Waals surface area contributed by atoms with E-state index in [1.165, 1.54) is 11.1 Å². The van der Waals surface area contributed by atoms with Crippen molar-refractivity contribution in [2.75, 3.05) is 46.0 Å². The van der Waals surface area contributed by atoms with Crippen molar-refractivity contribution in [2.45, 2.75) is 39.5 Å². The van der Waals surface area contributed by atoms with Crippen LogP contribution in [0.1, 0.15) is 43.7 Å². The van der Waals surface area contributed by atoms with Crippen molar-refractivity contribution >= 4 is 11.8 Å². The van der Waals surface area contributed by atoms with Gasteiger partial charge in [0.15, 0.2) is 6.61 Å². The van der Waals surface area contributed by atoms with Gasteiger partial charge in [0.25, 0.3) is 5.91 Å². The first-order chi connectivity index (χ1) is 13.5. The number of piperidine rings is 1. The van der Waals surface area contributed by atoms with E-state index in [0.29, 0.717) is 51.1 Å². The number of carbonyl (C=O) groups excluding carboxylic acids is 2. The summed E-state index contributed by atoms with van der Waals surface area (Å²) in [5.74, 6) is 1.17. The highest BCUT2D eigenvalue weighted by Gasteiger charge is 2.31. The largest absolute Gasteiger partial charge is 0.484 e. The highest BCUT2D eigenvalue weighted by Crippen LogP contribution is 2.24. The molecule has 0 saturated carbocycles. The van der Waals surface area contributed by atoms with Crippen LogP contribution in [-0.2, 0) is 14.3 Å². The lowest BCUT2D eigenvalue weighted by Gasteiger charge is -2.36. The number of nitrogens with zero attached hydrogens (tertiary/aromatic N) is 2. The number of rotatable bonds is 5. The van der Waals surface area contributed by atoms with Crippen LogP contribution in [0.3, 0.4) is 0 Å². The Morgan fingerprint density at radius 2 is 1.93 bits per heavy atom. The van der Waals surface area contributed by atoms with E-state index in [0.717, 1.165) is 12.8 Å². The van der Waals surface area contributed by atoms with Gasteiger partial charge in [-0.05, 0) is 48.9 Å². The molecular formula is C22H32N2O4. The molecular weight excluding hydrogens is 356 g/mol. The molecule has 2 amide bonds. The lowest BCUT2D eigenvalue weighted by molar-refractivity contribution is -0.144. The Morgan fingerprint density at radius 3 is 2.61 bits per heavy atom. The minimum Gasteiger partial charge on any atom is -0.484 e. The molecule has 0 spiro atoms. The van der Waals surface area contributed by atoms with Crippen LogP contribution in [0.2, 0.25) is 0 Å². The quantitative estimate of drug-likeness (QED) is 0.778. The molecule has 1 aromatic rings. The maximum atomic E-state index is 12.7. The van der Waals surface area contributed by atoms with Gasteiger partial charge in [-0.1, -0.05) is 19.9 Å². The molecule has 6 heteroatoms. The second-order valence-corrected chi connectivity index (χ2v) is 8.08. The van der Waals surface area contributed by atoms with E-state index < -0.39 is 0 Å². The SMILES string of the molecule is Cc1cc(OCC(=O)N2CCCC(C(=O)N3CCOCC3)C2)ccc1C(C)C. The van der Waals surface area contributed by atoms with Gasteiger partial charge < -0.3 is 19.3 Å². The molecule has 2 fully saturated rings. The van der Waals surface area contributed by atoms with Gasteiger partial charge in [0.1, 0.15) is 5.75 Å². The van der Waals surface area contributed by atoms with Crippen LogP contribution < -0.4 is 4.74 Å². The van der Waals surface area contributed by atoms with E-state index in [1.54, 1.807) is 4.90 Å². The summed E-state index contributed by atoms with van der Waals surface area (Å²) in [7, 11) is 0. The summed E-state index contributed by atoms with van der Waals surface area (Å²) < 4.78 is 11.1. The lowest BCUT2D eigenvalue weighted by Crippen LogP contribution is -2.50. The van der Waals surface area contributed by atoms with Gasteiger partial charge in [0.2, 0.25) is 5.91 Å². The summed E-state index contributed by atoms with van der Waals surface area (Å²) in [4.78, 5) is 29.0. The number of hydrogen-bond donors (Lipinski definition) is 0. The molecule has 0 radical (unpaired) electrons. The molecule has 1 aromatic carbocycles.